The van der Waals surface area contributed by atoms with Crippen molar-refractivity contribution in [3.05, 3.63) is 141 Å². The van der Waals surface area contributed by atoms with E-state index in [0.717, 1.165) is 47.3 Å². The molecule has 1 aromatic heterocycles. The molecule has 1 N–H and O–H groups in total. The number of nitriles is 1. The van der Waals surface area contributed by atoms with Crippen molar-refractivity contribution >= 4 is 355 Å². The van der Waals surface area contributed by atoms with Crippen LogP contribution in [-0.4, -0.2) is 45.0 Å². The minimum absolute atomic E-state index is 0.000249. The lowest BCUT2D eigenvalue weighted by molar-refractivity contribution is -0.117. The number of hydrogen-bond donors (Lipinski definition) is 1. The highest BCUT2D eigenvalue weighted by Crippen LogP contribution is 3.40. The van der Waals surface area contributed by atoms with Crippen LogP contribution in [0, 0.1) is 23.7 Å². The van der Waals surface area contributed by atoms with Crippen LogP contribution in [0.4, 0.5) is 18.9 Å². The lowest BCUT2D eigenvalue weighted by Gasteiger charge is -2.54. The summed E-state index contributed by atoms with van der Waals surface area (Å²) >= 11 is 9.60. The molecule has 1 aliphatic heterocycles. The Morgan fingerprint density at radius 1 is 0.635 bits per heavy atom. The molecule has 96 heavy (non-hydrogen) atoms. The van der Waals surface area contributed by atoms with Crippen molar-refractivity contribution < 1.29 is 44.1 Å². The van der Waals surface area contributed by atoms with E-state index in [9.17, 15) is 40.1 Å². The molecule has 0 radical (unpaired) electrons. The summed E-state index contributed by atoms with van der Waals surface area (Å²) in [7, 11) is 50.9. The third-order valence-electron chi connectivity index (χ3n) is 13.1. The minimum Gasteiger partial charge on any atom is -0.399 e. The Labute approximate surface area is 637 Å². The fourth-order valence-corrected chi connectivity index (χ4v) is 472. The zero-order valence-electron chi connectivity index (χ0n) is 50.9. The maximum atomic E-state index is 14.7. The van der Waals surface area contributed by atoms with Crippen LogP contribution in [0.2, 0.25) is 5.02 Å². The normalized spacial score (nSPS) is 15.0. The summed E-state index contributed by atoms with van der Waals surface area (Å²) in [6, 6.07) is 25.3. The van der Waals surface area contributed by atoms with E-state index in [1.165, 1.54) is 42.5 Å². The molecule has 20 atom stereocenters. The molecule has 1 saturated heterocycles. The molecule has 11 nitrogen and oxygen atoms in total. The van der Waals surface area contributed by atoms with Gasteiger partial charge in [-0.2, -0.15) is 5.26 Å². The Bertz CT molecular complexity index is 3940. The van der Waals surface area contributed by atoms with Crippen molar-refractivity contribution in [2.24, 2.45) is 0 Å². The van der Waals surface area contributed by atoms with E-state index in [0.29, 0.717) is 15.5 Å². The second-order valence-corrected chi connectivity index (χ2v) is 163. The van der Waals surface area contributed by atoms with Gasteiger partial charge in [0.2, 0.25) is 5.91 Å². The van der Waals surface area contributed by atoms with E-state index in [4.69, 9.17) is 27.5 Å². The third-order valence-corrected chi connectivity index (χ3v) is 243. The summed E-state index contributed by atoms with van der Waals surface area (Å²) in [6.45, 7) is 15.7. The maximum absolute atomic E-state index is 14.7. The monoisotopic (exact) mass is 2050 g/mol. The first kappa shape index (κ1) is 95.7. The predicted molar refractivity (Wildman–Crippen MR) is 519 cm³/mol. The van der Waals surface area contributed by atoms with Crippen LogP contribution in [-0.2, 0) is 34.1 Å². The van der Waals surface area contributed by atoms with E-state index in [-0.39, 0.29) is 171 Å². The number of nitrogens with zero attached hydrogens (tertiary/aromatic N) is 3. The van der Waals surface area contributed by atoms with E-state index in [2.05, 4.69) is 188 Å². The molecule has 0 aliphatic carbocycles. The summed E-state index contributed by atoms with van der Waals surface area (Å²) in [5.74, 6) is -1.32. The van der Waals surface area contributed by atoms with Gasteiger partial charge in [-0.3, -0.25) is 4.79 Å². The van der Waals surface area contributed by atoms with Crippen molar-refractivity contribution in [1.82, 2.24) is 8.69 Å². The Morgan fingerprint density at radius 3 is 1.50 bits per heavy atom. The summed E-state index contributed by atoms with van der Waals surface area (Å²) in [4.78, 5) is 14.2. The zero-order chi connectivity index (χ0) is 72.8. The van der Waals surface area contributed by atoms with Crippen LogP contribution in [0.3, 0.4) is 0 Å². The van der Waals surface area contributed by atoms with Crippen LogP contribution in [0.25, 0.3) is 38.1 Å². The molecule has 7 rings (SSSR count). The molecule has 20 unspecified atom stereocenters. The van der Waals surface area contributed by atoms with Gasteiger partial charge in [-0.1, -0.05) is 70.0 Å². The summed E-state index contributed by atoms with van der Waals surface area (Å²) in [6.07, 6.45) is -2.78. The first-order valence-electron chi connectivity index (χ1n) is 26.0. The van der Waals surface area contributed by atoms with Crippen molar-refractivity contribution in [2.45, 2.75) is 62.0 Å². The fourth-order valence-electron chi connectivity index (χ4n) is 8.50. The van der Waals surface area contributed by atoms with Gasteiger partial charge >= 0.3 is 7.12 Å². The Kier molecular flexibility index (Phi) is 43.1. The third kappa shape index (κ3) is 25.1. The number of halogens is 5. The van der Waals surface area contributed by atoms with E-state index < -0.39 is 56.5 Å². The highest BCUT2D eigenvalue weighted by atomic mass is 79.9. The molecule has 0 spiro atoms. The molecule has 524 valence electrons. The van der Waals surface area contributed by atoms with Crippen LogP contribution in [0.1, 0.15) is 52.2 Å². The number of amides is 1. The van der Waals surface area contributed by atoms with Gasteiger partial charge in [0.1, 0.15) is 5.82 Å². The highest BCUT2D eigenvalue weighted by Gasteiger charge is 2.54. The molecule has 1 amide bonds. The lowest BCUT2D eigenvalue weighted by atomic mass is 9.79. The van der Waals surface area contributed by atoms with Crippen molar-refractivity contribution in [2.75, 3.05) is 0 Å². The molecule has 1 fully saturated rings. The second kappa shape index (κ2) is 43.2. The van der Waals surface area contributed by atoms with Crippen molar-refractivity contribution in [3.63, 3.8) is 0 Å². The molecule has 2 heterocycles. The first-order valence-corrected chi connectivity index (χ1v) is 91.3. The van der Waals surface area contributed by atoms with Gasteiger partial charge < -0.3 is 9.31 Å². The molecule has 53 heteroatoms. The van der Waals surface area contributed by atoms with Crippen LogP contribution in [0.15, 0.2) is 117 Å². The molecular weight excluding hydrogens is 1980 g/mol. The summed E-state index contributed by atoms with van der Waals surface area (Å²) in [5, 5.41) is 10.3. The quantitative estimate of drug-likeness (QED) is 0.0379. The molecule has 1 aliphatic rings. The molecular formula is C43H70BBrClF3N4O7P34S2. The number of nitrogens with one attached hydrogen (secondary N) is 1. The van der Waals surface area contributed by atoms with Gasteiger partial charge in [0.05, 0.1) is 44.8 Å². The Morgan fingerprint density at radius 2 is 1.08 bits per heavy atom. The topological polar surface area (TPSA) is 149 Å². The molecule has 5 aromatic carbocycles. The average molecular weight is 2060 g/mol. The van der Waals surface area contributed by atoms with Gasteiger partial charge in [0, 0.05) is 55.1 Å². The van der Waals surface area contributed by atoms with Crippen LogP contribution >= 0.6 is 300 Å². The van der Waals surface area contributed by atoms with E-state index in [1.807, 2.05) is 32.4 Å². The standard InChI is InChI=1S/C29H15BrF3N3O2S.C14H19BClNO5S.H36P34/c1-35-24-7-3-5-19(16-34)26(24)27-23-15-21(31)10-13-25(23)36(28(27)18-4-2-6-20(30)14-18)39(37,38)22-11-8-17(9-12-22)29(32)33;1-9(18)17-23(19,20)10-6-7-11(12(16)8-10)15-21-13(2,3)14(4,5)22-15;1-19(2)28(20(3)4)32(27(17)18)34(31(25(13)14)26(15)16)33(29(21(5)6)22(7)8)30(23(9)10)24(11)12/h2-15,29H;6-8H,1-5H3,(H,17,18);1-18H2. The predicted octanol–water partition coefficient (Wildman–Crippen LogP) is 29.6. The second-order valence-electron chi connectivity index (χ2n) is 20.2. The fraction of sp³-hybridized carbons (Fsp3) is 0.186. The van der Waals surface area contributed by atoms with Crippen molar-refractivity contribution in [3.8, 4) is 28.5 Å². The number of aromatic nitrogens is 1. The van der Waals surface area contributed by atoms with Gasteiger partial charge in [-0.15, -0.1) is 161 Å². The largest absolute Gasteiger partial charge is 0.496 e. The van der Waals surface area contributed by atoms with Gasteiger partial charge in [0.15, 0.2) is 5.69 Å². The molecule has 0 saturated carbocycles. The number of rotatable bonds is 23. The van der Waals surface area contributed by atoms with Crippen LogP contribution < -0.4 is 10.2 Å². The smallest absolute Gasteiger partial charge is 0.399 e. The van der Waals surface area contributed by atoms with E-state index >= 15 is 0 Å². The Balaban J connectivity index is 0.000000269. The number of fused-ring (bicyclic) bond motifs is 1. The SMILES string of the molecule is CC(=O)NS(=O)(=O)c1ccc(B2OC(C)(C)C(C)(C)O2)c(Cl)c1.PP(P)P(P(P)P)P(P(P)P)P(P(P(P)P)P(P)P)P(P(P(P)P)P(P)P)P(P(P)P)P(P)P.[C-]#[N+]c1cccc(C#N)c1-c1c(-c2cccc(Br)c2)n(S(=O)(=O)c2ccc(C(F)F)cc2)c2ccc(F)cc12. The number of carbonyl (C=O) groups excluding carboxylic acids is 1. The average Bonchev–Trinajstić information content (AvgIpc) is 1.56. The number of sulfonamides is 1. The number of benzene rings is 5. The highest BCUT2D eigenvalue weighted by molar-refractivity contribution is 9.46. The summed E-state index contributed by atoms with van der Waals surface area (Å²) in [5.41, 5.74) is 0.218. The maximum Gasteiger partial charge on any atom is 0.496 e. The minimum atomic E-state index is -4.47. The number of hydrogen-bond acceptors (Lipinski definition) is 8. The van der Waals surface area contributed by atoms with Gasteiger partial charge in [-0.05, 0) is 200 Å². The first-order chi connectivity index (χ1) is 44.4. The van der Waals surface area contributed by atoms with E-state index in [1.54, 1.807) is 24.3 Å². The molecule has 6 aromatic rings. The number of carbonyl (C=O) groups is 1. The van der Waals surface area contributed by atoms with Gasteiger partial charge in [-0.25, -0.2) is 43.5 Å². The lowest BCUT2D eigenvalue weighted by Crippen LogP contribution is -2.41. The summed E-state index contributed by atoms with van der Waals surface area (Å²) < 4.78 is 109. The molecule has 0 bridgehead atoms. The zero-order valence-corrected chi connectivity index (χ0v) is 90.0. The Hall–Kier alpha value is 9.15. The van der Waals surface area contributed by atoms with Gasteiger partial charge in [0.25, 0.3) is 26.5 Å². The van der Waals surface area contributed by atoms with Crippen molar-refractivity contribution in [1.29, 1.82) is 5.26 Å². The van der Waals surface area contributed by atoms with Crippen LogP contribution in [0.5, 0.6) is 0 Å². The number of alkyl halides is 2.